The second-order valence-electron chi connectivity index (χ2n) is 4.17. The molecule has 21 heavy (non-hydrogen) atoms. The highest BCUT2D eigenvalue weighted by Crippen LogP contribution is 2.15. The highest BCUT2D eigenvalue weighted by molar-refractivity contribution is 5.82. The van der Waals surface area contributed by atoms with E-state index in [4.69, 9.17) is 9.57 Å². The molecule has 0 aromatic heterocycles. The van der Waals surface area contributed by atoms with Crippen molar-refractivity contribution < 1.29 is 14.5 Å². The van der Waals surface area contributed by atoms with E-state index in [9.17, 15) is 10.1 Å². The van der Waals surface area contributed by atoms with Gasteiger partial charge in [-0.2, -0.15) is 0 Å². The molecule has 0 unspecified atom stereocenters. The number of nitrogens with zero attached hydrogens (tertiary/aromatic N) is 2. The summed E-state index contributed by atoms with van der Waals surface area (Å²) in [5, 5.41) is 14.4. The van der Waals surface area contributed by atoms with Crippen molar-refractivity contribution in [2.45, 2.75) is 6.61 Å². The molecular formula is C15H14N2O4. The van der Waals surface area contributed by atoms with Crippen LogP contribution < -0.4 is 4.74 Å². The molecule has 0 N–H and O–H groups in total. The molecule has 108 valence electrons. The van der Waals surface area contributed by atoms with Crippen molar-refractivity contribution in [3.8, 4) is 5.75 Å². The SMILES string of the molecule is COc1ccccc1/C=N/OCc1ccc([N+](=O)[O-])cc1. The Kier molecular flexibility index (Phi) is 4.87. The molecule has 0 saturated carbocycles. The van der Waals surface area contributed by atoms with Crippen LogP contribution in [0.2, 0.25) is 0 Å². The number of nitro groups is 1. The molecule has 6 heteroatoms. The van der Waals surface area contributed by atoms with Crippen molar-refractivity contribution in [1.82, 2.24) is 0 Å². The molecule has 0 spiro atoms. The number of benzene rings is 2. The lowest BCUT2D eigenvalue weighted by Gasteiger charge is -2.03. The molecule has 2 rings (SSSR count). The number of hydrogen-bond donors (Lipinski definition) is 0. The smallest absolute Gasteiger partial charge is 0.269 e. The number of methoxy groups -OCH3 is 1. The average molecular weight is 286 g/mol. The summed E-state index contributed by atoms with van der Waals surface area (Å²) in [5.41, 5.74) is 1.66. The Balaban J connectivity index is 1.91. The first kappa shape index (κ1) is 14.5. The van der Waals surface area contributed by atoms with E-state index in [-0.39, 0.29) is 12.3 Å². The summed E-state index contributed by atoms with van der Waals surface area (Å²) in [6, 6.07) is 13.6. The van der Waals surface area contributed by atoms with Gasteiger partial charge in [-0.25, -0.2) is 0 Å². The molecule has 0 aliphatic heterocycles. The maximum absolute atomic E-state index is 10.5. The number of non-ortho nitro benzene ring substituents is 1. The zero-order valence-corrected chi connectivity index (χ0v) is 11.4. The van der Waals surface area contributed by atoms with Crippen molar-refractivity contribution >= 4 is 11.9 Å². The van der Waals surface area contributed by atoms with Crippen LogP contribution in [0.5, 0.6) is 5.75 Å². The lowest BCUT2D eigenvalue weighted by molar-refractivity contribution is -0.384. The molecule has 0 bridgehead atoms. The minimum absolute atomic E-state index is 0.0521. The van der Waals surface area contributed by atoms with Crippen LogP contribution in [0, 0.1) is 10.1 Å². The molecule has 0 heterocycles. The molecule has 0 amide bonds. The van der Waals surface area contributed by atoms with Crippen LogP contribution in [0.4, 0.5) is 5.69 Å². The van der Waals surface area contributed by atoms with E-state index < -0.39 is 4.92 Å². The Morgan fingerprint density at radius 1 is 1.19 bits per heavy atom. The Morgan fingerprint density at radius 2 is 1.90 bits per heavy atom. The van der Waals surface area contributed by atoms with Gasteiger partial charge in [0.1, 0.15) is 12.4 Å². The summed E-state index contributed by atoms with van der Waals surface area (Å²) in [4.78, 5) is 15.3. The van der Waals surface area contributed by atoms with E-state index in [1.165, 1.54) is 12.1 Å². The van der Waals surface area contributed by atoms with Gasteiger partial charge in [-0.05, 0) is 29.8 Å². The Hall–Kier alpha value is -2.89. The summed E-state index contributed by atoms with van der Waals surface area (Å²) in [6.45, 7) is 0.240. The summed E-state index contributed by atoms with van der Waals surface area (Å²) < 4.78 is 5.19. The largest absolute Gasteiger partial charge is 0.496 e. The summed E-state index contributed by atoms with van der Waals surface area (Å²) in [7, 11) is 1.59. The fourth-order valence-corrected chi connectivity index (χ4v) is 1.69. The number of para-hydroxylation sites is 1. The third-order valence-electron chi connectivity index (χ3n) is 2.78. The van der Waals surface area contributed by atoms with Gasteiger partial charge in [0.2, 0.25) is 0 Å². The third kappa shape index (κ3) is 4.04. The van der Waals surface area contributed by atoms with E-state index in [1.807, 2.05) is 24.3 Å². The summed E-state index contributed by atoms with van der Waals surface area (Å²) in [5.74, 6) is 0.709. The topological polar surface area (TPSA) is 74.0 Å². The highest BCUT2D eigenvalue weighted by Gasteiger charge is 2.03. The van der Waals surface area contributed by atoms with Gasteiger partial charge in [0.25, 0.3) is 5.69 Å². The van der Waals surface area contributed by atoms with E-state index >= 15 is 0 Å². The number of ether oxygens (including phenoxy) is 1. The van der Waals surface area contributed by atoms with Crippen LogP contribution in [0.1, 0.15) is 11.1 Å². The number of nitro benzene ring substituents is 1. The van der Waals surface area contributed by atoms with Crippen LogP contribution in [0.3, 0.4) is 0 Å². The van der Waals surface area contributed by atoms with Crippen LogP contribution in [0.25, 0.3) is 0 Å². The van der Waals surface area contributed by atoms with Gasteiger partial charge in [0.15, 0.2) is 0 Å². The molecule has 0 saturated heterocycles. The first-order valence-electron chi connectivity index (χ1n) is 6.22. The van der Waals surface area contributed by atoms with E-state index in [2.05, 4.69) is 5.16 Å². The van der Waals surface area contributed by atoms with E-state index in [0.717, 1.165) is 11.1 Å². The van der Waals surface area contributed by atoms with Gasteiger partial charge in [-0.1, -0.05) is 17.3 Å². The van der Waals surface area contributed by atoms with E-state index in [1.54, 1.807) is 25.5 Å². The van der Waals surface area contributed by atoms with Gasteiger partial charge in [0, 0.05) is 17.7 Å². The molecule has 0 aliphatic rings. The predicted octanol–water partition coefficient (Wildman–Crippen LogP) is 3.15. The monoisotopic (exact) mass is 286 g/mol. The molecule has 0 atom stereocenters. The van der Waals surface area contributed by atoms with Crippen molar-refractivity contribution in [2.75, 3.05) is 7.11 Å². The summed E-state index contributed by atoms with van der Waals surface area (Å²) in [6.07, 6.45) is 1.56. The fraction of sp³-hybridized carbons (Fsp3) is 0.133. The highest BCUT2D eigenvalue weighted by atomic mass is 16.6. The quantitative estimate of drug-likeness (QED) is 0.464. The molecule has 6 nitrogen and oxygen atoms in total. The zero-order valence-electron chi connectivity index (χ0n) is 11.4. The first-order chi connectivity index (χ1) is 10.2. The van der Waals surface area contributed by atoms with Gasteiger partial charge in [-0.15, -0.1) is 0 Å². The normalized spacial score (nSPS) is 10.5. The Labute approximate surface area is 121 Å². The zero-order chi connectivity index (χ0) is 15.1. The maximum Gasteiger partial charge on any atom is 0.269 e. The van der Waals surface area contributed by atoms with Crippen LogP contribution in [0.15, 0.2) is 53.7 Å². The van der Waals surface area contributed by atoms with Gasteiger partial charge < -0.3 is 9.57 Å². The van der Waals surface area contributed by atoms with Crippen molar-refractivity contribution in [3.05, 3.63) is 69.8 Å². The standard InChI is InChI=1S/C15H14N2O4/c1-20-15-5-3-2-4-13(15)10-16-21-11-12-6-8-14(9-7-12)17(18)19/h2-10H,11H2,1H3/b16-10+. The van der Waals surface area contributed by atoms with Crippen LogP contribution in [-0.2, 0) is 11.4 Å². The average Bonchev–Trinajstić information content (AvgIpc) is 2.52. The number of hydrogen-bond acceptors (Lipinski definition) is 5. The van der Waals surface area contributed by atoms with Crippen molar-refractivity contribution in [3.63, 3.8) is 0 Å². The molecular weight excluding hydrogens is 272 g/mol. The second-order valence-corrected chi connectivity index (χ2v) is 4.17. The maximum atomic E-state index is 10.5. The fourth-order valence-electron chi connectivity index (χ4n) is 1.69. The van der Waals surface area contributed by atoms with Crippen molar-refractivity contribution in [2.24, 2.45) is 5.16 Å². The van der Waals surface area contributed by atoms with Crippen molar-refractivity contribution in [1.29, 1.82) is 0 Å². The van der Waals surface area contributed by atoms with Crippen LogP contribution in [-0.4, -0.2) is 18.2 Å². The molecule has 0 radical (unpaired) electrons. The van der Waals surface area contributed by atoms with Crippen LogP contribution >= 0.6 is 0 Å². The number of oxime groups is 1. The minimum Gasteiger partial charge on any atom is -0.496 e. The minimum atomic E-state index is -0.440. The first-order valence-corrected chi connectivity index (χ1v) is 6.22. The van der Waals surface area contributed by atoms with Gasteiger partial charge in [0.05, 0.1) is 18.2 Å². The summed E-state index contributed by atoms with van der Waals surface area (Å²) >= 11 is 0. The van der Waals surface area contributed by atoms with E-state index in [0.29, 0.717) is 5.75 Å². The lowest BCUT2D eigenvalue weighted by Crippen LogP contribution is -1.92. The molecule has 2 aromatic carbocycles. The molecule has 0 fully saturated rings. The predicted molar refractivity (Wildman–Crippen MR) is 78.5 cm³/mol. The Morgan fingerprint density at radius 3 is 2.57 bits per heavy atom. The Bertz CT molecular complexity index is 638. The molecule has 0 aliphatic carbocycles. The second kappa shape index (κ2) is 7.04. The number of rotatable bonds is 6. The lowest BCUT2D eigenvalue weighted by atomic mass is 10.2. The third-order valence-corrected chi connectivity index (χ3v) is 2.78. The van der Waals surface area contributed by atoms with Gasteiger partial charge in [-0.3, -0.25) is 10.1 Å². The van der Waals surface area contributed by atoms with Gasteiger partial charge >= 0.3 is 0 Å². The molecule has 2 aromatic rings.